The number of hydrogen-bond donors (Lipinski definition) is 1. The van der Waals surface area contributed by atoms with Crippen LogP contribution in [0.4, 0.5) is 0 Å². The highest BCUT2D eigenvalue weighted by molar-refractivity contribution is 5.22. The van der Waals surface area contributed by atoms with Gasteiger partial charge in [-0.2, -0.15) is 0 Å². The molecule has 0 amide bonds. The molecule has 0 spiro atoms. The van der Waals surface area contributed by atoms with Crippen LogP contribution >= 0.6 is 0 Å². The number of aliphatic hydroxyl groups is 1. The average molecular weight is 338 g/mol. The monoisotopic (exact) mass is 338 g/mol. The third-order valence-corrected chi connectivity index (χ3v) is 5.48. The molecular weight excluding hydrogens is 308 g/mol. The molecule has 25 heavy (non-hydrogen) atoms. The molecule has 1 fully saturated rings. The zero-order valence-electron chi connectivity index (χ0n) is 15.4. The van der Waals surface area contributed by atoms with E-state index in [1.54, 1.807) is 0 Å². The van der Waals surface area contributed by atoms with Crippen molar-refractivity contribution >= 4 is 0 Å². The Balaban J connectivity index is 1.52. The van der Waals surface area contributed by atoms with Gasteiger partial charge in [-0.3, -0.25) is 9.80 Å². The van der Waals surface area contributed by atoms with Gasteiger partial charge in [0.05, 0.1) is 6.61 Å². The van der Waals surface area contributed by atoms with Crippen LogP contribution in [0.3, 0.4) is 0 Å². The van der Waals surface area contributed by atoms with E-state index in [9.17, 15) is 0 Å². The summed E-state index contributed by atoms with van der Waals surface area (Å²) >= 11 is 0. The van der Waals surface area contributed by atoms with E-state index in [1.165, 1.54) is 24.0 Å². The first kappa shape index (κ1) is 18.1. The summed E-state index contributed by atoms with van der Waals surface area (Å²) in [5.41, 5.74) is 3.71. The molecule has 2 aromatic rings. The Bertz CT molecular complexity index is 641. The number of hydrogen-bond acceptors (Lipinski definition) is 3. The van der Waals surface area contributed by atoms with Crippen LogP contribution < -0.4 is 0 Å². The fraction of sp³-hybridized carbons (Fsp3) is 0.455. The van der Waals surface area contributed by atoms with Crippen molar-refractivity contribution in [1.82, 2.24) is 9.80 Å². The van der Waals surface area contributed by atoms with Gasteiger partial charge in [-0.1, -0.05) is 54.6 Å². The molecule has 0 saturated carbocycles. The summed E-state index contributed by atoms with van der Waals surface area (Å²) in [4.78, 5) is 5.10. The molecule has 3 rings (SSSR count). The van der Waals surface area contributed by atoms with E-state index >= 15 is 0 Å². The Kier molecular flexibility index (Phi) is 6.24. The van der Waals surface area contributed by atoms with Gasteiger partial charge in [-0.05, 0) is 43.5 Å². The SMILES string of the molecule is CC1CC(N(C)Cc2ccc(CO)cc2)CCN1Cc1ccccc1. The normalized spacial score (nSPS) is 21.6. The predicted octanol–water partition coefficient (Wildman–Crippen LogP) is 3.66. The van der Waals surface area contributed by atoms with Crippen molar-refractivity contribution in [1.29, 1.82) is 0 Å². The molecule has 0 bridgehead atoms. The van der Waals surface area contributed by atoms with Gasteiger partial charge in [-0.25, -0.2) is 0 Å². The summed E-state index contributed by atoms with van der Waals surface area (Å²) < 4.78 is 0. The Morgan fingerprint density at radius 3 is 2.32 bits per heavy atom. The van der Waals surface area contributed by atoms with Gasteiger partial charge in [0.25, 0.3) is 0 Å². The molecule has 2 aromatic carbocycles. The van der Waals surface area contributed by atoms with Crippen molar-refractivity contribution in [2.24, 2.45) is 0 Å². The zero-order chi connectivity index (χ0) is 17.6. The van der Waals surface area contributed by atoms with Gasteiger partial charge in [0.1, 0.15) is 0 Å². The van der Waals surface area contributed by atoms with Crippen LogP contribution in [0.25, 0.3) is 0 Å². The van der Waals surface area contributed by atoms with Crippen LogP contribution in [-0.2, 0) is 19.7 Å². The molecule has 1 aliphatic heterocycles. The second kappa shape index (κ2) is 8.61. The minimum absolute atomic E-state index is 0.119. The van der Waals surface area contributed by atoms with Crippen LogP contribution in [0.15, 0.2) is 54.6 Å². The van der Waals surface area contributed by atoms with Crippen LogP contribution in [0.5, 0.6) is 0 Å². The van der Waals surface area contributed by atoms with E-state index in [-0.39, 0.29) is 6.61 Å². The average Bonchev–Trinajstić information content (AvgIpc) is 2.65. The van der Waals surface area contributed by atoms with Crippen molar-refractivity contribution in [2.45, 2.75) is 51.5 Å². The van der Waals surface area contributed by atoms with Gasteiger partial charge < -0.3 is 5.11 Å². The lowest BCUT2D eigenvalue weighted by atomic mass is 9.96. The Morgan fingerprint density at radius 2 is 1.68 bits per heavy atom. The lowest BCUT2D eigenvalue weighted by Gasteiger charge is -2.41. The van der Waals surface area contributed by atoms with Crippen molar-refractivity contribution in [3.8, 4) is 0 Å². The highest BCUT2D eigenvalue weighted by atomic mass is 16.3. The molecule has 2 atom stereocenters. The minimum atomic E-state index is 0.119. The molecule has 3 nitrogen and oxygen atoms in total. The number of piperidine rings is 1. The fourth-order valence-corrected chi connectivity index (χ4v) is 3.82. The van der Waals surface area contributed by atoms with E-state index in [0.717, 1.165) is 25.2 Å². The first-order valence-corrected chi connectivity index (χ1v) is 9.32. The summed E-state index contributed by atoms with van der Waals surface area (Å²) in [7, 11) is 2.24. The van der Waals surface area contributed by atoms with E-state index in [4.69, 9.17) is 5.11 Å². The van der Waals surface area contributed by atoms with Crippen molar-refractivity contribution in [3.63, 3.8) is 0 Å². The maximum atomic E-state index is 9.16. The molecule has 1 saturated heterocycles. The van der Waals surface area contributed by atoms with Crippen LogP contribution in [-0.4, -0.2) is 40.6 Å². The molecular formula is C22H30N2O. The summed E-state index contributed by atoms with van der Waals surface area (Å²) in [6.45, 7) is 5.67. The fourth-order valence-electron chi connectivity index (χ4n) is 3.82. The third-order valence-electron chi connectivity index (χ3n) is 5.48. The van der Waals surface area contributed by atoms with Crippen LogP contribution in [0.2, 0.25) is 0 Å². The van der Waals surface area contributed by atoms with Gasteiger partial charge in [-0.15, -0.1) is 0 Å². The van der Waals surface area contributed by atoms with Crippen molar-refractivity contribution in [3.05, 3.63) is 71.3 Å². The highest BCUT2D eigenvalue weighted by Gasteiger charge is 2.27. The van der Waals surface area contributed by atoms with E-state index < -0.39 is 0 Å². The number of nitrogens with zero attached hydrogens (tertiary/aromatic N) is 2. The molecule has 1 N–H and O–H groups in total. The second-order valence-electron chi connectivity index (χ2n) is 7.37. The Morgan fingerprint density at radius 1 is 1.00 bits per heavy atom. The Labute approximate surface area is 151 Å². The van der Waals surface area contributed by atoms with E-state index in [1.807, 2.05) is 12.1 Å². The number of benzene rings is 2. The highest BCUT2D eigenvalue weighted by Crippen LogP contribution is 2.24. The first-order valence-electron chi connectivity index (χ1n) is 9.32. The maximum Gasteiger partial charge on any atom is 0.0681 e. The molecule has 1 heterocycles. The third kappa shape index (κ3) is 4.91. The molecule has 2 unspecified atom stereocenters. The number of likely N-dealkylation sites (tertiary alicyclic amines) is 1. The molecule has 0 aliphatic carbocycles. The van der Waals surface area contributed by atoms with Gasteiger partial charge in [0.2, 0.25) is 0 Å². The van der Waals surface area contributed by atoms with Gasteiger partial charge in [0, 0.05) is 31.7 Å². The molecule has 0 aromatic heterocycles. The smallest absolute Gasteiger partial charge is 0.0681 e. The summed E-state index contributed by atoms with van der Waals surface area (Å²) in [6.07, 6.45) is 2.44. The van der Waals surface area contributed by atoms with Crippen LogP contribution in [0, 0.1) is 0 Å². The number of rotatable bonds is 6. The first-order chi connectivity index (χ1) is 12.2. The molecule has 1 aliphatic rings. The number of aliphatic hydroxyl groups excluding tert-OH is 1. The van der Waals surface area contributed by atoms with Crippen molar-refractivity contribution < 1.29 is 5.11 Å². The Hall–Kier alpha value is -1.68. The second-order valence-corrected chi connectivity index (χ2v) is 7.37. The largest absolute Gasteiger partial charge is 0.392 e. The zero-order valence-corrected chi connectivity index (χ0v) is 15.4. The topological polar surface area (TPSA) is 26.7 Å². The lowest BCUT2D eigenvalue weighted by molar-refractivity contribution is 0.0772. The maximum absolute atomic E-state index is 9.16. The minimum Gasteiger partial charge on any atom is -0.392 e. The molecule has 134 valence electrons. The van der Waals surface area contributed by atoms with Gasteiger partial charge >= 0.3 is 0 Å². The van der Waals surface area contributed by atoms with E-state index in [2.05, 4.69) is 66.2 Å². The quantitative estimate of drug-likeness (QED) is 0.871. The molecule has 0 radical (unpaired) electrons. The van der Waals surface area contributed by atoms with Gasteiger partial charge in [0.15, 0.2) is 0 Å². The summed E-state index contributed by atoms with van der Waals surface area (Å²) in [5.74, 6) is 0. The predicted molar refractivity (Wildman–Crippen MR) is 103 cm³/mol. The summed E-state index contributed by atoms with van der Waals surface area (Å²) in [5, 5.41) is 9.16. The standard InChI is InChI=1S/C22H30N2O/c1-18-14-22(12-13-24(18)16-19-6-4-3-5-7-19)23(2)15-20-8-10-21(17-25)11-9-20/h3-11,18,22,25H,12-17H2,1-2H3. The lowest BCUT2D eigenvalue weighted by Crippen LogP contribution is -2.47. The summed E-state index contributed by atoms with van der Waals surface area (Å²) in [6, 6.07) is 20.3. The van der Waals surface area contributed by atoms with Crippen molar-refractivity contribution in [2.75, 3.05) is 13.6 Å². The molecule has 3 heteroatoms. The van der Waals surface area contributed by atoms with Crippen LogP contribution in [0.1, 0.15) is 36.5 Å². The van der Waals surface area contributed by atoms with E-state index in [0.29, 0.717) is 12.1 Å².